The van der Waals surface area contributed by atoms with Crippen LogP contribution in [0.3, 0.4) is 0 Å². The zero-order valence-corrected chi connectivity index (χ0v) is 11.9. The van der Waals surface area contributed by atoms with Gasteiger partial charge in [0.2, 0.25) is 0 Å². The number of hydrogen-bond donors (Lipinski definition) is 1. The lowest BCUT2D eigenvalue weighted by Crippen LogP contribution is -2.11. The molecule has 1 aromatic carbocycles. The molecule has 5 heteroatoms. The Kier molecular flexibility index (Phi) is 4.45. The molecular weight excluding hydrogens is 262 g/mol. The van der Waals surface area contributed by atoms with Crippen LogP contribution in [-0.2, 0) is 13.7 Å². The van der Waals surface area contributed by atoms with Crippen LogP contribution >= 0.6 is 11.6 Å². The lowest BCUT2D eigenvalue weighted by Gasteiger charge is -2.15. The monoisotopic (exact) mass is 279 g/mol. The predicted octanol–water partition coefficient (Wildman–Crippen LogP) is 3.06. The summed E-state index contributed by atoms with van der Waals surface area (Å²) in [5, 5.41) is 0.595. The topological polar surface area (TPSA) is 53.1 Å². The van der Waals surface area contributed by atoms with Crippen LogP contribution in [0.15, 0.2) is 30.5 Å². The zero-order chi connectivity index (χ0) is 13.8. The maximum atomic E-state index is 6.08. The third-order valence-electron chi connectivity index (χ3n) is 3.14. The number of para-hydroxylation sites is 1. The van der Waals surface area contributed by atoms with Crippen molar-refractivity contribution in [3.63, 3.8) is 0 Å². The van der Waals surface area contributed by atoms with Crippen molar-refractivity contribution in [3.05, 3.63) is 47.0 Å². The van der Waals surface area contributed by atoms with Crippen molar-refractivity contribution in [2.75, 3.05) is 0 Å². The van der Waals surface area contributed by atoms with Crippen molar-refractivity contribution in [1.82, 2.24) is 9.55 Å². The third-order valence-corrected chi connectivity index (χ3v) is 3.49. The van der Waals surface area contributed by atoms with Crippen LogP contribution in [0.2, 0.25) is 5.15 Å². The highest BCUT2D eigenvalue weighted by atomic mass is 35.5. The second-order valence-corrected chi connectivity index (χ2v) is 4.78. The van der Waals surface area contributed by atoms with Gasteiger partial charge in [-0.2, -0.15) is 0 Å². The Labute approximate surface area is 118 Å². The summed E-state index contributed by atoms with van der Waals surface area (Å²) in [5.41, 5.74) is 7.09. The predicted molar refractivity (Wildman–Crippen MR) is 76.2 cm³/mol. The molecule has 0 aliphatic carbocycles. The SMILES string of the molecule is CC[C@H](N)c1ccccc1OCc1ncc(Cl)n1C. The van der Waals surface area contributed by atoms with Gasteiger partial charge in [-0.3, -0.25) is 0 Å². The molecule has 1 aromatic heterocycles. The molecule has 4 nitrogen and oxygen atoms in total. The summed E-state index contributed by atoms with van der Waals surface area (Å²) in [6, 6.07) is 7.81. The molecule has 102 valence electrons. The molecule has 2 N–H and O–H groups in total. The minimum Gasteiger partial charge on any atom is -0.485 e. The minimum absolute atomic E-state index is 0.0128. The second kappa shape index (κ2) is 6.08. The molecule has 0 fully saturated rings. The normalized spacial score (nSPS) is 12.4. The summed E-state index contributed by atoms with van der Waals surface area (Å²) in [4.78, 5) is 4.20. The van der Waals surface area contributed by atoms with Crippen LogP contribution < -0.4 is 10.5 Å². The number of aromatic nitrogens is 2. The van der Waals surface area contributed by atoms with E-state index in [2.05, 4.69) is 11.9 Å². The molecule has 2 rings (SSSR count). The lowest BCUT2D eigenvalue weighted by molar-refractivity contribution is 0.287. The van der Waals surface area contributed by atoms with Gasteiger partial charge in [-0.1, -0.05) is 36.7 Å². The van der Waals surface area contributed by atoms with Crippen molar-refractivity contribution in [2.45, 2.75) is 26.0 Å². The minimum atomic E-state index is -0.0128. The fraction of sp³-hybridized carbons (Fsp3) is 0.357. The number of imidazole rings is 1. The molecule has 0 saturated carbocycles. The molecule has 0 amide bonds. The van der Waals surface area contributed by atoms with Gasteiger partial charge in [-0.25, -0.2) is 4.98 Å². The second-order valence-electron chi connectivity index (χ2n) is 4.40. The van der Waals surface area contributed by atoms with Crippen molar-refractivity contribution in [1.29, 1.82) is 0 Å². The van der Waals surface area contributed by atoms with Crippen molar-refractivity contribution < 1.29 is 4.74 Å². The molecule has 0 aliphatic heterocycles. The van der Waals surface area contributed by atoms with Crippen LogP contribution in [0, 0.1) is 0 Å². The van der Waals surface area contributed by atoms with E-state index in [0.717, 1.165) is 23.6 Å². The zero-order valence-electron chi connectivity index (χ0n) is 11.1. The number of halogens is 1. The Hall–Kier alpha value is -1.52. The van der Waals surface area contributed by atoms with E-state index in [1.54, 1.807) is 10.8 Å². The number of nitrogens with zero attached hydrogens (tertiary/aromatic N) is 2. The van der Waals surface area contributed by atoms with E-state index in [0.29, 0.717) is 11.8 Å². The first-order valence-corrected chi connectivity index (χ1v) is 6.64. The highest BCUT2D eigenvalue weighted by molar-refractivity contribution is 6.29. The van der Waals surface area contributed by atoms with E-state index in [1.165, 1.54) is 0 Å². The van der Waals surface area contributed by atoms with Gasteiger partial charge >= 0.3 is 0 Å². The maximum Gasteiger partial charge on any atom is 0.147 e. The largest absolute Gasteiger partial charge is 0.485 e. The van der Waals surface area contributed by atoms with Gasteiger partial charge in [0.1, 0.15) is 23.3 Å². The average molecular weight is 280 g/mol. The molecule has 2 aromatic rings. The molecule has 0 saturated heterocycles. The molecule has 0 spiro atoms. The van der Waals surface area contributed by atoms with E-state index < -0.39 is 0 Å². The fourth-order valence-electron chi connectivity index (χ4n) is 1.84. The van der Waals surface area contributed by atoms with Gasteiger partial charge in [0.15, 0.2) is 0 Å². The van der Waals surface area contributed by atoms with E-state index >= 15 is 0 Å². The van der Waals surface area contributed by atoms with Crippen molar-refractivity contribution in [3.8, 4) is 5.75 Å². The first-order chi connectivity index (χ1) is 9.13. The highest BCUT2D eigenvalue weighted by Gasteiger charge is 2.11. The van der Waals surface area contributed by atoms with Crippen LogP contribution in [0.1, 0.15) is 30.8 Å². The van der Waals surface area contributed by atoms with Gasteiger partial charge < -0.3 is 15.0 Å². The summed E-state index contributed by atoms with van der Waals surface area (Å²) < 4.78 is 7.61. The van der Waals surface area contributed by atoms with E-state index in [4.69, 9.17) is 22.1 Å². The van der Waals surface area contributed by atoms with Gasteiger partial charge in [0.25, 0.3) is 0 Å². The molecule has 0 radical (unpaired) electrons. The smallest absolute Gasteiger partial charge is 0.147 e. The van der Waals surface area contributed by atoms with Gasteiger partial charge in [-0.15, -0.1) is 0 Å². The number of ether oxygens (including phenoxy) is 1. The molecule has 1 atom stereocenters. The lowest BCUT2D eigenvalue weighted by atomic mass is 10.0. The van der Waals surface area contributed by atoms with Crippen LogP contribution in [0.4, 0.5) is 0 Å². The summed E-state index contributed by atoms with van der Waals surface area (Å²) in [6.07, 6.45) is 2.48. The van der Waals surface area contributed by atoms with Crippen LogP contribution in [0.25, 0.3) is 0 Å². The van der Waals surface area contributed by atoms with Crippen LogP contribution in [-0.4, -0.2) is 9.55 Å². The third kappa shape index (κ3) is 3.08. The Morgan fingerprint density at radius 3 is 2.79 bits per heavy atom. The number of benzene rings is 1. The van der Waals surface area contributed by atoms with E-state index in [1.807, 2.05) is 31.3 Å². The molecule has 1 heterocycles. The summed E-state index contributed by atoms with van der Waals surface area (Å²) in [6.45, 7) is 2.43. The number of rotatable bonds is 5. The Morgan fingerprint density at radius 1 is 1.42 bits per heavy atom. The summed E-state index contributed by atoms with van der Waals surface area (Å²) in [5.74, 6) is 1.58. The Balaban J connectivity index is 2.13. The molecule has 0 bridgehead atoms. The van der Waals surface area contributed by atoms with Crippen molar-refractivity contribution in [2.24, 2.45) is 12.8 Å². The number of nitrogens with two attached hydrogens (primary N) is 1. The van der Waals surface area contributed by atoms with E-state index in [9.17, 15) is 0 Å². The molecule has 19 heavy (non-hydrogen) atoms. The van der Waals surface area contributed by atoms with Gasteiger partial charge in [-0.05, 0) is 12.5 Å². The Bertz CT molecular complexity index is 553. The fourth-order valence-corrected chi connectivity index (χ4v) is 1.99. The van der Waals surface area contributed by atoms with E-state index in [-0.39, 0.29) is 6.04 Å². The first-order valence-electron chi connectivity index (χ1n) is 6.26. The maximum absolute atomic E-state index is 6.08. The highest BCUT2D eigenvalue weighted by Crippen LogP contribution is 2.26. The van der Waals surface area contributed by atoms with Gasteiger partial charge in [0.05, 0.1) is 6.20 Å². The quantitative estimate of drug-likeness (QED) is 0.915. The average Bonchev–Trinajstić information content (AvgIpc) is 2.76. The summed E-state index contributed by atoms with van der Waals surface area (Å²) >= 11 is 5.94. The van der Waals surface area contributed by atoms with Gasteiger partial charge in [0, 0.05) is 18.7 Å². The first kappa shape index (κ1) is 13.9. The standard InChI is InChI=1S/C14H18ClN3O/c1-3-11(16)10-6-4-5-7-12(10)19-9-14-17-8-13(15)18(14)2/h4-8,11H,3,9,16H2,1-2H3/t11-/m0/s1. The van der Waals surface area contributed by atoms with Crippen LogP contribution in [0.5, 0.6) is 5.75 Å². The molecule has 0 aliphatic rings. The Morgan fingerprint density at radius 2 is 2.16 bits per heavy atom. The molecular formula is C14H18ClN3O. The number of hydrogen-bond acceptors (Lipinski definition) is 3. The summed E-state index contributed by atoms with van der Waals surface area (Å²) in [7, 11) is 1.86. The van der Waals surface area contributed by atoms with Crippen molar-refractivity contribution >= 4 is 11.6 Å². The molecule has 0 unspecified atom stereocenters.